The number of benzene rings is 1. The number of esters is 1. The fourth-order valence-electron chi connectivity index (χ4n) is 1.88. The first-order valence-corrected chi connectivity index (χ1v) is 7.63. The van der Waals surface area contributed by atoms with Gasteiger partial charge in [-0.15, -0.1) is 0 Å². The first-order valence-electron chi connectivity index (χ1n) is 7.63. The maximum atomic E-state index is 13.7. The van der Waals surface area contributed by atoms with Crippen molar-refractivity contribution in [2.24, 2.45) is 0 Å². The number of para-hydroxylation sites is 1. The standard InChI is InChI=1S/C17H18FN3O4/c1-2-24-15(22)11-21-17(23)20-10-12-6-5-9-19-16(12)25-14-8-4-3-7-13(14)18/h3-9H,2,10-11H2,1H3,(H2,20,21,23). The molecule has 0 spiro atoms. The minimum Gasteiger partial charge on any atom is -0.465 e. The third-order valence-electron chi connectivity index (χ3n) is 3.03. The molecule has 0 radical (unpaired) electrons. The van der Waals surface area contributed by atoms with E-state index in [-0.39, 0.29) is 31.3 Å². The van der Waals surface area contributed by atoms with Crippen LogP contribution in [-0.4, -0.2) is 30.1 Å². The Balaban J connectivity index is 1.93. The van der Waals surface area contributed by atoms with Gasteiger partial charge in [-0.1, -0.05) is 18.2 Å². The molecule has 8 heteroatoms. The lowest BCUT2D eigenvalue weighted by Crippen LogP contribution is -2.38. The Kier molecular flexibility index (Phi) is 6.70. The van der Waals surface area contributed by atoms with E-state index in [4.69, 9.17) is 9.47 Å². The van der Waals surface area contributed by atoms with Gasteiger partial charge in [0.05, 0.1) is 6.61 Å². The van der Waals surface area contributed by atoms with Gasteiger partial charge in [0.2, 0.25) is 5.88 Å². The van der Waals surface area contributed by atoms with Gasteiger partial charge in [-0.25, -0.2) is 14.2 Å². The van der Waals surface area contributed by atoms with E-state index >= 15 is 0 Å². The smallest absolute Gasteiger partial charge is 0.325 e. The molecule has 0 aliphatic carbocycles. The molecule has 0 saturated heterocycles. The largest absolute Gasteiger partial charge is 0.465 e. The lowest BCUT2D eigenvalue weighted by Gasteiger charge is -2.11. The van der Waals surface area contributed by atoms with E-state index < -0.39 is 17.8 Å². The summed E-state index contributed by atoms with van der Waals surface area (Å²) in [6.07, 6.45) is 1.50. The van der Waals surface area contributed by atoms with E-state index in [2.05, 4.69) is 15.6 Å². The van der Waals surface area contributed by atoms with Crippen molar-refractivity contribution in [3.63, 3.8) is 0 Å². The highest BCUT2D eigenvalue weighted by molar-refractivity contribution is 5.80. The molecule has 1 aromatic carbocycles. The van der Waals surface area contributed by atoms with Gasteiger partial charge >= 0.3 is 12.0 Å². The van der Waals surface area contributed by atoms with Gasteiger partial charge in [0, 0.05) is 18.3 Å². The number of aromatic nitrogens is 1. The molecule has 0 saturated carbocycles. The van der Waals surface area contributed by atoms with Crippen LogP contribution < -0.4 is 15.4 Å². The summed E-state index contributed by atoms with van der Waals surface area (Å²) in [6, 6.07) is 8.76. The lowest BCUT2D eigenvalue weighted by molar-refractivity contribution is -0.141. The molecule has 0 fully saturated rings. The van der Waals surface area contributed by atoms with Crippen LogP contribution in [0.15, 0.2) is 42.6 Å². The van der Waals surface area contributed by atoms with E-state index in [9.17, 15) is 14.0 Å². The van der Waals surface area contributed by atoms with E-state index in [0.717, 1.165) is 0 Å². The molecule has 1 heterocycles. The zero-order chi connectivity index (χ0) is 18.1. The maximum absolute atomic E-state index is 13.7. The Labute approximate surface area is 144 Å². The molecular weight excluding hydrogens is 329 g/mol. The van der Waals surface area contributed by atoms with Crippen LogP contribution in [0.3, 0.4) is 0 Å². The number of hydrogen-bond acceptors (Lipinski definition) is 5. The molecule has 0 aliphatic rings. The van der Waals surface area contributed by atoms with Crippen LogP contribution in [0.5, 0.6) is 11.6 Å². The van der Waals surface area contributed by atoms with Crippen molar-refractivity contribution in [3.05, 3.63) is 54.0 Å². The first kappa shape index (κ1) is 18.2. The summed E-state index contributed by atoms with van der Waals surface area (Å²) in [7, 11) is 0. The Morgan fingerprint density at radius 3 is 2.72 bits per heavy atom. The van der Waals surface area contributed by atoms with Gasteiger partial charge in [0.15, 0.2) is 11.6 Å². The highest BCUT2D eigenvalue weighted by atomic mass is 19.1. The number of nitrogens with zero attached hydrogens (tertiary/aromatic N) is 1. The third-order valence-corrected chi connectivity index (χ3v) is 3.03. The molecule has 2 aromatic rings. The molecule has 0 atom stereocenters. The zero-order valence-electron chi connectivity index (χ0n) is 13.6. The van der Waals surface area contributed by atoms with Crippen molar-refractivity contribution in [1.29, 1.82) is 0 Å². The second-order valence-electron chi connectivity index (χ2n) is 4.84. The third kappa shape index (κ3) is 5.76. The molecule has 25 heavy (non-hydrogen) atoms. The number of ether oxygens (including phenoxy) is 2. The van der Waals surface area contributed by atoms with Gasteiger partial charge in [0.1, 0.15) is 6.54 Å². The number of carbonyl (C=O) groups is 2. The van der Waals surface area contributed by atoms with Crippen molar-refractivity contribution in [2.75, 3.05) is 13.2 Å². The van der Waals surface area contributed by atoms with Crippen LogP contribution in [0.25, 0.3) is 0 Å². The Morgan fingerprint density at radius 2 is 1.96 bits per heavy atom. The Bertz CT molecular complexity index is 739. The van der Waals surface area contributed by atoms with Crippen molar-refractivity contribution in [3.8, 4) is 11.6 Å². The van der Waals surface area contributed by atoms with Crippen molar-refractivity contribution in [2.45, 2.75) is 13.5 Å². The van der Waals surface area contributed by atoms with Gasteiger partial charge in [-0.2, -0.15) is 0 Å². The fourth-order valence-corrected chi connectivity index (χ4v) is 1.88. The van der Waals surface area contributed by atoms with E-state index in [0.29, 0.717) is 5.56 Å². The summed E-state index contributed by atoms with van der Waals surface area (Å²) in [5, 5.41) is 4.94. The van der Waals surface area contributed by atoms with Gasteiger partial charge in [-0.05, 0) is 25.1 Å². The number of pyridine rings is 1. The van der Waals surface area contributed by atoms with Crippen LogP contribution in [0.2, 0.25) is 0 Å². The molecule has 2 N–H and O–H groups in total. The van der Waals surface area contributed by atoms with Gasteiger partial charge in [0.25, 0.3) is 0 Å². The van der Waals surface area contributed by atoms with Crippen LogP contribution in [0.1, 0.15) is 12.5 Å². The molecule has 0 aliphatic heterocycles. The maximum Gasteiger partial charge on any atom is 0.325 e. The number of nitrogens with one attached hydrogen (secondary N) is 2. The minimum absolute atomic E-state index is 0.0363. The topological polar surface area (TPSA) is 89.5 Å². The average Bonchev–Trinajstić information content (AvgIpc) is 2.61. The Morgan fingerprint density at radius 1 is 1.16 bits per heavy atom. The van der Waals surface area contributed by atoms with E-state index in [1.54, 1.807) is 31.2 Å². The lowest BCUT2D eigenvalue weighted by atomic mass is 10.2. The number of rotatable bonds is 7. The molecule has 0 bridgehead atoms. The SMILES string of the molecule is CCOC(=O)CNC(=O)NCc1cccnc1Oc1ccccc1F. The molecule has 132 valence electrons. The van der Waals surface area contributed by atoms with Crippen molar-refractivity contribution in [1.82, 2.24) is 15.6 Å². The second kappa shape index (κ2) is 9.21. The van der Waals surface area contributed by atoms with Crippen LogP contribution in [0.4, 0.5) is 9.18 Å². The number of urea groups is 1. The monoisotopic (exact) mass is 347 g/mol. The number of halogens is 1. The highest BCUT2D eigenvalue weighted by Crippen LogP contribution is 2.25. The summed E-state index contributed by atoms with van der Waals surface area (Å²) in [5.41, 5.74) is 0.553. The van der Waals surface area contributed by atoms with Crippen molar-refractivity contribution >= 4 is 12.0 Å². The van der Waals surface area contributed by atoms with Gasteiger partial charge in [-0.3, -0.25) is 4.79 Å². The van der Waals surface area contributed by atoms with Crippen LogP contribution in [0, 0.1) is 5.82 Å². The van der Waals surface area contributed by atoms with E-state index in [1.807, 2.05) is 0 Å². The number of hydrogen-bond donors (Lipinski definition) is 2. The molecule has 2 amide bonds. The zero-order valence-corrected chi connectivity index (χ0v) is 13.6. The average molecular weight is 347 g/mol. The molecule has 0 unspecified atom stereocenters. The molecule has 1 aromatic heterocycles. The molecule has 7 nitrogen and oxygen atoms in total. The molecular formula is C17H18FN3O4. The van der Waals surface area contributed by atoms with Gasteiger partial charge < -0.3 is 20.1 Å². The fraction of sp³-hybridized carbons (Fsp3) is 0.235. The number of amides is 2. The summed E-state index contributed by atoms with van der Waals surface area (Å²) < 4.78 is 23.9. The van der Waals surface area contributed by atoms with Crippen LogP contribution >= 0.6 is 0 Å². The normalized spacial score (nSPS) is 10.0. The molecule has 2 rings (SSSR count). The summed E-state index contributed by atoms with van der Waals surface area (Å²) >= 11 is 0. The predicted molar refractivity (Wildman–Crippen MR) is 87.6 cm³/mol. The quantitative estimate of drug-likeness (QED) is 0.751. The van der Waals surface area contributed by atoms with E-state index in [1.165, 1.54) is 18.3 Å². The number of carbonyl (C=O) groups excluding carboxylic acids is 2. The summed E-state index contributed by atoms with van der Waals surface area (Å²) in [5.74, 6) is -0.825. The highest BCUT2D eigenvalue weighted by Gasteiger charge is 2.11. The van der Waals surface area contributed by atoms with Crippen molar-refractivity contribution < 1.29 is 23.5 Å². The predicted octanol–water partition coefficient (Wildman–Crippen LogP) is 2.38. The second-order valence-corrected chi connectivity index (χ2v) is 4.84. The minimum atomic E-state index is -0.547. The summed E-state index contributed by atoms with van der Waals surface area (Å²) in [6.45, 7) is 1.78. The Hall–Kier alpha value is -3.16. The summed E-state index contributed by atoms with van der Waals surface area (Å²) in [4.78, 5) is 26.9. The first-order chi connectivity index (χ1) is 12.1. The van der Waals surface area contributed by atoms with Crippen LogP contribution in [-0.2, 0) is 16.1 Å².